The zero-order valence-electron chi connectivity index (χ0n) is 19.8. The number of anilines is 3. The van der Waals surface area contributed by atoms with Crippen LogP contribution in [-0.4, -0.2) is 18.9 Å². The van der Waals surface area contributed by atoms with Crippen molar-refractivity contribution in [2.75, 3.05) is 10.6 Å². The Hall–Kier alpha value is -4.43. The van der Waals surface area contributed by atoms with Crippen molar-refractivity contribution in [2.24, 2.45) is 0 Å². The second kappa shape index (κ2) is 10.3. The molecule has 0 aliphatic carbocycles. The number of rotatable bonds is 8. The molecule has 0 atom stereocenters. The van der Waals surface area contributed by atoms with E-state index < -0.39 is 15.7 Å². The van der Waals surface area contributed by atoms with Crippen LogP contribution in [0.5, 0.6) is 0 Å². The first-order valence-electron chi connectivity index (χ1n) is 11.6. The molecule has 37 heavy (non-hydrogen) atoms. The van der Waals surface area contributed by atoms with Crippen molar-refractivity contribution in [1.82, 2.24) is 4.57 Å². The summed E-state index contributed by atoms with van der Waals surface area (Å²) in [7, 11) is -3.79. The first-order valence-corrected chi connectivity index (χ1v) is 13.3. The molecular weight excluding hydrogens is 489 g/mol. The number of carbonyl (C=O) groups excluding carboxylic acids is 1. The van der Waals surface area contributed by atoms with E-state index in [-0.39, 0.29) is 23.1 Å². The summed E-state index contributed by atoms with van der Waals surface area (Å²) in [5.41, 5.74) is 3.45. The number of sulfone groups is 1. The summed E-state index contributed by atoms with van der Waals surface area (Å²) >= 11 is 0. The highest BCUT2D eigenvalue weighted by Gasteiger charge is 2.22. The normalized spacial score (nSPS) is 11.4. The molecule has 0 radical (unpaired) electrons. The van der Waals surface area contributed by atoms with Gasteiger partial charge in [0.25, 0.3) is 0 Å². The quantitative estimate of drug-likeness (QED) is 0.261. The van der Waals surface area contributed by atoms with Gasteiger partial charge in [-0.05, 0) is 60.2 Å². The second-order valence-electron chi connectivity index (χ2n) is 8.64. The molecule has 5 aromatic rings. The van der Waals surface area contributed by atoms with Gasteiger partial charge in [0.05, 0.1) is 10.6 Å². The lowest BCUT2D eigenvalue weighted by molar-refractivity contribution is -0.116. The Morgan fingerprint density at radius 2 is 1.46 bits per heavy atom. The first kappa shape index (κ1) is 24.3. The number of aromatic nitrogens is 1. The summed E-state index contributed by atoms with van der Waals surface area (Å²) in [6, 6.07) is 29.7. The van der Waals surface area contributed by atoms with Crippen molar-refractivity contribution >= 4 is 43.7 Å². The largest absolute Gasteiger partial charge is 0.356 e. The highest BCUT2D eigenvalue weighted by Crippen LogP contribution is 2.28. The zero-order valence-corrected chi connectivity index (χ0v) is 20.6. The highest BCUT2D eigenvalue weighted by atomic mass is 32.2. The molecule has 0 unspecified atom stereocenters. The molecule has 2 N–H and O–H groups in total. The standard InChI is InChI=1S/C29H24FN3O3S/c30-22-8-6-7-21(17-22)20-37(35,36)28-18-33(27-12-5-4-11-26(27)28)19-29(34)32-25-15-13-24(14-16-25)31-23-9-2-1-3-10-23/h1-18,31H,19-20H2,(H,32,34). The van der Waals surface area contributed by atoms with Gasteiger partial charge < -0.3 is 15.2 Å². The van der Waals surface area contributed by atoms with Crippen LogP contribution >= 0.6 is 0 Å². The lowest BCUT2D eigenvalue weighted by Gasteiger charge is -2.09. The lowest BCUT2D eigenvalue weighted by atomic mass is 10.2. The summed E-state index contributed by atoms with van der Waals surface area (Å²) in [5.74, 6) is -1.12. The van der Waals surface area contributed by atoms with Gasteiger partial charge >= 0.3 is 0 Å². The maximum atomic E-state index is 13.6. The number of hydrogen-bond acceptors (Lipinski definition) is 4. The fraction of sp³-hybridized carbons (Fsp3) is 0.0690. The number of benzene rings is 4. The van der Waals surface area contributed by atoms with Crippen molar-refractivity contribution in [2.45, 2.75) is 17.2 Å². The minimum atomic E-state index is -3.79. The number of nitrogens with one attached hydrogen (secondary N) is 2. The molecule has 0 saturated carbocycles. The SMILES string of the molecule is O=C(Cn1cc(S(=O)(=O)Cc2cccc(F)c2)c2ccccc21)Nc1ccc(Nc2ccccc2)cc1. The van der Waals surface area contributed by atoms with Crippen LogP contribution in [0.3, 0.4) is 0 Å². The van der Waals surface area contributed by atoms with E-state index in [1.807, 2.05) is 42.5 Å². The van der Waals surface area contributed by atoms with Gasteiger partial charge in [0.15, 0.2) is 9.84 Å². The van der Waals surface area contributed by atoms with E-state index in [1.54, 1.807) is 47.0 Å². The highest BCUT2D eigenvalue weighted by molar-refractivity contribution is 7.90. The first-order chi connectivity index (χ1) is 17.9. The van der Waals surface area contributed by atoms with Crippen molar-refractivity contribution in [3.05, 3.63) is 121 Å². The van der Waals surface area contributed by atoms with Crippen LogP contribution in [0.15, 0.2) is 114 Å². The van der Waals surface area contributed by atoms with Crippen LogP contribution in [0.1, 0.15) is 5.56 Å². The van der Waals surface area contributed by atoms with Gasteiger partial charge in [0.2, 0.25) is 5.91 Å². The van der Waals surface area contributed by atoms with E-state index in [0.717, 1.165) is 11.4 Å². The number of para-hydroxylation sites is 2. The third-order valence-corrected chi connectivity index (χ3v) is 7.59. The molecule has 4 aromatic carbocycles. The number of halogens is 1. The number of carbonyl (C=O) groups is 1. The van der Waals surface area contributed by atoms with Crippen molar-refractivity contribution in [3.8, 4) is 0 Å². The van der Waals surface area contributed by atoms with Gasteiger partial charge in [-0.3, -0.25) is 4.79 Å². The smallest absolute Gasteiger partial charge is 0.244 e. The topological polar surface area (TPSA) is 80.2 Å². The summed E-state index contributed by atoms with van der Waals surface area (Å²) < 4.78 is 41.7. The van der Waals surface area contributed by atoms with Gasteiger partial charge in [-0.15, -0.1) is 0 Å². The Labute approximate surface area is 214 Å². The van der Waals surface area contributed by atoms with Crippen molar-refractivity contribution < 1.29 is 17.6 Å². The van der Waals surface area contributed by atoms with Gasteiger partial charge in [-0.25, -0.2) is 12.8 Å². The molecule has 1 heterocycles. The fourth-order valence-electron chi connectivity index (χ4n) is 4.20. The van der Waals surface area contributed by atoms with Crippen LogP contribution in [0, 0.1) is 5.82 Å². The average molecular weight is 514 g/mol. The number of nitrogens with zero attached hydrogens (tertiary/aromatic N) is 1. The Balaban J connectivity index is 1.33. The van der Waals surface area contributed by atoms with Crippen LogP contribution in [-0.2, 0) is 26.9 Å². The third-order valence-electron chi connectivity index (χ3n) is 5.88. The molecule has 0 aliphatic heterocycles. The third kappa shape index (κ3) is 5.70. The molecule has 6 nitrogen and oxygen atoms in total. The maximum absolute atomic E-state index is 13.6. The van der Waals surface area contributed by atoms with Gasteiger partial charge in [-0.2, -0.15) is 0 Å². The zero-order chi connectivity index (χ0) is 25.8. The summed E-state index contributed by atoms with van der Waals surface area (Å²) in [6.07, 6.45) is 1.48. The minimum absolute atomic E-state index is 0.0694. The molecule has 0 fully saturated rings. The van der Waals surface area contributed by atoms with Crippen LogP contribution < -0.4 is 10.6 Å². The monoisotopic (exact) mass is 513 g/mol. The molecule has 0 spiro atoms. The minimum Gasteiger partial charge on any atom is -0.356 e. The molecule has 1 aromatic heterocycles. The van der Waals surface area contributed by atoms with Gasteiger partial charge in [-0.1, -0.05) is 48.5 Å². The molecule has 0 saturated heterocycles. The number of amides is 1. The summed E-state index contributed by atoms with van der Waals surface area (Å²) in [6.45, 7) is -0.0694. The number of fused-ring (bicyclic) bond motifs is 1. The molecule has 0 aliphatic rings. The fourth-order valence-corrected chi connectivity index (χ4v) is 5.77. The maximum Gasteiger partial charge on any atom is 0.244 e. The Morgan fingerprint density at radius 1 is 0.784 bits per heavy atom. The molecule has 5 rings (SSSR count). The lowest BCUT2D eigenvalue weighted by Crippen LogP contribution is -2.18. The predicted octanol–water partition coefficient (Wildman–Crippen LogP) is 6.14. The van der Waals surface area contributed by atoms with E-state index in [0.29, 0.717) is 22.2 Å². The van der Waals surface area contributed by atoms with E-state index in [2.05, 4.69) is 10.6 Å². The Kier molecular flexibility index (Phi) is 6.74. The van der Waals surface area contributed by atoms with E-state index in [1.165, 1.54) is 24.4 Å². The molecule has 1 amide bonds. The molecule has 0 bridgehead atoms. The van der Waals surface area contributed by atoms with Crippen LogP contribution in [0.4, 0.5) is 21.5 Å². The van der Waals surface area contributed by atoms with Gasteiger partial charge in [0, 0.05) is 34.2 Å². The van der Waals surface area contributed by atoms with Crippen molar-refractivity contribution in [3.63, 3.8) is 0 Å². The van der Waals surface area contributed by atoms with E-state index in [4.69, 9.17) is 0 Å². The molecule has 186 valence electrons. The molecule has 8 heteroatoms. The van der Waals surface area contributed by atoms with Crippen LogP contribution in [0.2, 0.25) is 0 Å². The predicted molar refractivity (Wildman–Crippen MR) is 144 cm³/mol. The van der Waals surface area contributed by atoms with Crippen molar-refractivity contribution in [1.29, 1.82) is 0 Å². The Bertz CT molecular complexity index is 1660. The summed E-state index contributed by atoms with van der Waals surface area (Å²) in [5, 5.41) is 6.67. The summed E-state index contributed by atoms with van der Waals surface area (Å²) in [4.78, 5) is 13.0. The van der Waals surface area contributed by atoms with Crippen LogP contribution in [0.25, 0.3) is 10.9 Å². The Morgan fingerprint density at radius 3 is 2.22 bits per heavy atom. The average Bonchev–Trinajstić information content (AvgIpc) is 3.25. The number of hydrogen-bond donors (Lipinski definition) is 2. The van der Waals surface area contributed by atoms with E-state index >= 15 is 0 Å². The van der Waals surface area contributed by atoms with E-state index in [9.17, 15) is 17.6 Å². The second-order valence-corrected chi connectivity index (χ2v) is 10.6. The molecular formula is C29H24FN3O3S. The van der Waals surface area contributed by atoms with Gasteiger partial charge in [0.1, 0.15) is 12.4 Å².